The zero-order valence-corrected chi connectivity index (χ0v) is 14.4. The van der Waals surface area contributed by atoms with Crippen LogP contribution in [0.4, 0.5) is 11.4 Å². The van der Waals surface area contributed by atoms with Crippen LogP contribution in [0.1, 0.15) is 24.5 Å². The number of ether oxygens (including phenoxy) is 2. The van der Waals surface area contributed by atoms with Crippen LogP contribution in [-0.2, 0) is 11.2 Å². The van der Waals surface area contributed by atoms with Crippen molar-refractivity contribution in [3.8, 4) is 11.5 Å². The van der Waals surface area contributed by atoms with E-state index >= 15 is 0 Å². The van der Waals surface area contributed by atoms with Crippen molar-refractivity contribution >= 4 is 29.7 Å². The molecule has 0 radical (unpaired) electrons. The lowest BCUT2D eigenvalue weighted by atomic mass is 9.93. The number of amides is 1. The molecule has 4 rings (SSSR count). The van der Waals surface area contributed by atoms with Gasteiger partial charge < -0.3 is 14.8 Å². The van der Waals surface area contributed by atoms with Gasteiger partial charge >= 0.3 is 0 Å². The minimum Gasteiger partial charge on any atom is -0.454 e. The average Bonchev–Trinajstić information content (AvgIpc) is 3.14. The Morgan fingerprint density at radius 1 is 1.15 bits per heavy atom. The van der Waals surface area contributed by atoms with E-state index in [0.717, 1.165) is 41.2 Å². The van der Waals surface area contributed by atoms with Gasteiger partial charge in [0.2, 0.25) is 13.2 Å². The summed E-state index contributed by atoms with van der Waals surface area (Å²) in [7, 11) is 0. The highest BCUT2D eigenvalue weighted by Crippen LogP contribution is 2.39. The van der Waals surface area contributed by atoms with Crippen LogP contribution in [0.25, 0.3) is 5.70 Å². The molecule has 2 aliphatic rings. The first-order valence-corrected chi connectivity index (χ1v) is 8.52. The van der Waals surface area contributed by atoms with E-state index < -0.39 is 0 Å². The van der Waals surface area contributed by atoms with E-state index in [1.54, 1.807) is 6.21 Å². The van der Waals surface area contributed by atoms with Crippen molar-refractivity contribution in [3.05, 3.63) is 53.6 Å². The topological polar surface area (TPSA) is 63.2 Å². The molecular formula is C20H19N3O3. The fourth-order valence-corrected chi connectivity index (χ4v) is 3.27. The number of carbonyl (C=O) groups is 1. The Balaban J connectivity index is 1.77. The predicted molar refractivity (Wildman–Crippen MR) is 102 cm³/mol. The first kappa shape index (κ1) is 16.2. The second kappa shape index (κ2) is 6.92. The number of benzene rings is 2. The zero-order chi connectivity index (χ0) is 17.9. The summed E-state index contributed by atoms with van der Waals surface area (Å²) in [6.45, 7) is 2.12. The minimum absolute atomic E-state index is 0.238. The van der Waals surface area contributed by atoms with E-state index in [9.17, 15) is 4.79 Å². The molecule has 0 aromatic heterocycles. The van der Waals surface area contributed by atoms with Gasteiger partial charge in [-0.3, -0.25) is 4.79 Å². The molecule has 1 heterocycles. The number of hydrogen-bond donors (Lipinski definition) is 1. The maximum Gasteiger partial charge on any atom is 0.231 e. The Kier molecular flexibility index (Phi) is 4.31. The molecule has 26 heavy (non-hydrogen) atoms. The van der Waals surface area contributed by atoms with Gasteiger partial charge in [-0.15, -0.1) is 0 Å². The molecule has 0 unspecified atom stereocenters. The van der Waals surface area contributed by atoms with Gasteiger partial charge in [-0.1, -0.05) is 12.1 Å². The third-order valence-corrected chi connectivity index (χ3v) is 4.42. The Bertz CT molecular complexity index is 905. The largest absolute Gasteiger partial charge is 0.454 e. The summed E-state index contributed by atoms with van der Waals surface area (Å²) in [5.74, 6) is 1.46. The van der Waals surface area contributed by atoms with Crippen LogP contribution in [0.2, 0.25) is 0 Å². The molecule has 1 N–H and O–H groups in total. The van der Waals surface area contributed by atoms with E-state index in [1.165, 1.54) is 5.56 Å². The molecule has 0 bridgehead atoms. The quantitative estimate of drug-likeness (QED) is 0.507. The summed E-state index contributed by atoms with van der Waals surface area (Å²) in [6, 6.07) is 11.7. The normalized spacial score (nSPS) is 14.7. The van der Waals surface area contributed by atoms with Gasteiger partial charge in [0, 0.05) is 23.5 Å². The van der Waals surface area contributed by atoms with Crippen molar-refractivity contribution in [2.75, 3.05) is 17.1 Å². The maximum atomic E-state index is 10.8. The van der Waals surface area contributed by atoms with Crippen molar-refractivity contribution in [2.24, 2.45) is 5.10 Å². The van der Waals surface area contributed by atoms with Crippen molar-refractivity contribution < 1.29 is 14.3 Å². The lowest BCUT2D eigenvalue weighted by Crippen LogP contribution is -2.18. The number of hydrogen-bond acceptors (Lipinski definition) is 5. The third kappa shape index (κ3) is 2.90. The number of carbonyl (C=O) groups excluding carboxylic acids is 1. The van der Waals surface area contributed by atoms with Gasteiger partial charge in [-0.25, -0.2) is 5.01 Å². The van der Waals surface area contributed by atoms with Gasteiger partial charge in [-0.05, 0) is 49.6 Å². The first-order valence-electron chi connectivity index (χ1n) is 8.52. The van der Waals surface area contributed by atoms with E-state index in [0.29, 0.717) is 12.2 Å². The van der Waals surface area contributed by atoms with Crippen LogP contribution >= 0.6 is 0 Å². The lowest BCUT2D eigenvalue weighted by molar-refractivity contribution is -0.105. The van der Waals surface area contributed by atoms with E-state index in [2.05, 4.69) is 22.6 Å². The molecule has 0 saturated heterocycles. The molecule has 0 fully saturated rings. The highest BCUT2D eigenvalue weighted by atomic mass is 16.7. The molecule has 0 saturated carbocycles. The van der Waals surface area contributed by atoms with Crippen LogP contribution in [-0.4, -0.2) is 19.4 Å². The van der Waals surface area contributed by atoms with Crippen molar-refractivity contribution in [2.45, 2.75) is 19.8 Å². The summed E-state index contributed by atoms with van der Waals surface area (Å²) in [5.41, 5.74) is 4.93. The second-order valence-electron chi connectivity index (χ2n) is 5.99. The summed E-state index contributed by atoms with van der Waals surface area (Å²) < 4.78 is 10.9. The molecule has 1 aliphatic carbocycles. The number of allylic oxidation sites excluding steroid dienone is 1. The molecular weight excluding hydrogens is 330 g/mol. The lowest BCUT2D eigenvalue weighted by Gasteiger charge is -2.27. The van der Waals surface area contributed by atoms with Crippen LogP contribution in [0.15, 0.2) is 47.6 Å². The monoisotopic (exact) mass is 349 g/mol. The van der Waals surface area contributed by atoms with Crippen molar-refractivity contribution in [1.29, 1.82) is 0 Å². The van der Waals surface area contributed by atoms with E-state index in [-0.39, 0.29) is 6.79 Å². The third-order valence-electron chi connectivity index (χ3n) is 4.42. The first-order chi connectivity index (χ1) is 12.8. The van der Waals surface area contributed by atoms with Crippen LogP contribution < -0.4 is 19.8 Å². The number of hydrazone groups is 1. The number of fused-ring (bicyclic) bond motifs is 2. The average molecular weight is 349 g/mol. The smallest absolute Gasteiger partial charge is 0.231 e. The summed E-state index contributed by atoms with van der Waals surface area (Å²) in [4.78, 5) is 10.8. The number of nitrogens with zero attached hydrogens (tertiary/aromatic N) is 2. The molecule has 1 amide bonds. The highest BCUT2D eigenvalue weighted by molar-refractivity contribution is 5.85. The molecule has 1 aliphatic heterocycles. The van der Waals surface area contributed by atoms with E-state index in [4.69, 9.17) is 9.47 Å². The predicted octanol–water partition coefficient (Wildman–Crippen LogP) is 3.78. The van der Waals surface area contributed by atoms with E-state index in [1.807, 2.05) is 42.3 Å². The summed E-state index contributed by atoms with van der Waals surface area (Å²) >= 11 is 0. The second-order valence-corrected chi connectivity index (χ2v) is 5.99. The Morgan fingerprint density at radius 3 is 2.88 bits per heavy atom. The van der Waals surface area contributed by atoms with Crippen LogP contribution in [0.5, 0.6) is 11.5 Å². The van der Waals surface area contributed by atoms with Gasteiger partial charge in [0.05, 0.1) is 11.4 Å². The number of rotatable bonds is 5. The van der Waals surface area contributed by atoms with Crippen molar-refractivity contribution in [3.63, 3.8) is 0 Å². The highest BCUT2D eigenvalue weighted by Gasteiger charge is 2.22. The molecule has 2 aromatic carbocycles. The molecule has 0 spiro atoms. The Hall–Kier alpha value is -3.28. The Labute approximate surface area is 151 Å². The van der Waals surface area contributed by atoms with Gasteiger partial charge in [0.25, 0.3) is 0 Å². The number of anilines is 2. The molecule has 6 nitrogen and oxygen atoms in total. The standard InChI is InChI=1S/C20H19N3O3/c1-2-22-23(16-8-9-19-20(11-16)26-13-25-19)18-5-3-4-14-6-7-15(21-12-24)10-17(14)18/h2,5-12H,3-4,13H2,1H3,(H,21,24)/b22-2+. The minimum atomic E-state index is 0.238. The van der Waals surface area contributed by atoms with Crippen LogP contribution in [0, 0.1) is 0 Å². The van der Waals surface area contributed by atoms with Gasteiger partial charge in [0.1, 0.15) is 0 Å². The maximum absolute atomic E-state index is 10.8. The van der Waals surface area contributed by atoms with Gasteiger partial charge in [-0.2, -0.15) is 5.10 Å². The molecule has 0 atom stereocenters. The SMILES string of the molecule is C/C=N/N(C1=CCCc2ccc(NC=O)cc21)c1ccc2c(c1)OCO2. The molecule has 132 valence electrons. The fraction of sp³-hybridized carbons (Fsp3) is 0.200. The Morgan fingerprint density at radius 2 is 2.04 bits per heavy atom. The number of aryl methyl sites for hydroxylation is 1. The summed E-state index contributed by atoms with van der Waals surface area (Å²) in [6.07, 6.45) is 6.51. The summed E-state index contributed by atoms with van der Waals surface area (Å²) in [5, 5.41) is 9.19. The number of nitrogens with one attached hydrogen (secondary N) is 1. The molecule has 2 aromatic rings. The molecule has 6 heteroatoms. The zero-order valence-electron chi connectivity index (χ0n) is 14.4. The fourth-order valence-electron chi connectivity index (χ4n) is 3.27. The van der Waals surface area contributed by atoms with Gasteiger partial charge in [0.15, 0.2) is 11.5 Å². The van der Waals surface area contributed by atoms with Crippen LogP contribution in [0.3, 0.4) is 0 Å². The van der Waals surface area contributed by atoms with Crippen molar-refractivity contribution in [1.82, 2.24) is 0 Å².